The van der Waals surface area contributed by atoms with Gasteiger partial charge in [0.25, 0.3) is 0 Å². The van der Waals surface area contributed by atoms with Crippen LogP contribution < -0.4 is 10.5 Å². The van der Waals surface area contributed by atoms with Crippen LogP contribution in [0.15, 0.2) is 21.7 Å². The Bertz CT molecular complexity index is 472. The first kappa shape index (κ1) is 8.42. The molecule has 2 aromatic rings. The van der Waals surface area contributed by atoms with Gasteiger partial charge in [-0.1, -0.05) is 5.16 Å². The van der Waals surface area contributed by atoms with Crippen molar-refractivity contribution < 1.29 is 9.26 Å². The summed E-state index contributed by atoms with van der Waals surface area (Å²) in [5.41, 5.74) is 0.552. The summed E-state index contributed by atoms with van der Waals surface area (Å²) < 4.78 is 9.10. The zero-order chi connectivity index (χ0) is 9.97. The predicted molar refractivity (Wildman–Crippen MR) is 44.7 cm³/mol. The third-order valence-electron chi connectivity index (χ3n) is 1.52. The van der Waals surface area contributed by atoms with Crippen LogP contribution in [0.4, 0.5) is 0 Å². The van der Waals surface area contributed by atoms with Crippen molar-refractivity contribution in [3.8, 4) is 17.4 Å². The lowest BCUT2D eigenvalue weighted by atomic mass is 10.3. The first-order chi connectivity index (χ1) is 6.79. The molecule has 0 bridgehead atoms. The minimum Gasteiger partial charge on any atom is -0.467 e. The summed E-state index contributed by atoms with van der Waals surface area (Å²) in [6, 6.07) is 0.250. The Labute approximate surface area is 77.8 Å². The SMILES string of the molecule is COc1ncc(-c2noc(=O)[nH]2)cn1. The molecule has 0 saturated heterocycles. The lowest BCUT2D eigenvalue weighted by molar-refractivity contribution is 0.379. The van der Waals surface area contributed by atoms with Crippen LogP contribution in [-0.4, -0.2) is 27.2 Å². The molecular weight excluding hydrogens is 188 g/mol. The standard InChI is InChI=1S/C7H6N4O3/c1-13-6-8-2-4(3-9-6)5-10-7(12)14-11-5/h2-3H,1H3,(H,10,11,12). The van der Waals surface area contributed by atoms with E-state index in [1.54, 1.807) is 0 Å². The molecule has 7 heteroatoms. The maximum Gasteiger partial charge on any atom is 0.439 e. The number of ether oxygens (including phenoxy) is 1. The van der Waals surface area contributed by atoms with Crippen molar-refractivity contribution in [3.05, 3.63) is 22.9 Å². The molecule has 2 aromatic heterocycles. The van der Waals surface area contributed by atoms with Gasteiger partial charge in [-0.05, 0) is 0 Å². The van der Waals surface area contributed by atoms with E-state index in [9.17, 15) is 4.79 Å². The quantitative estimate of drug-likeness (QED) is 0.713. The zero-order valence-electron chi connectivity index (χ0n) is 7.22. The van der Waals surface area contributed by atoms with Crippen molar-refractivity contribution >= 4 is 0 Å². The Hall–Kier alpha value is -2.18. The Kier molecular flexibility index (Phi) is 1.98. The van der Waals surface area contributed by atoms with Crippen LogP contribution in [0.3, 0.4) is 0 Å². The summed E-state index contributed by atoms with van der Waals surface area (Å²) in [5.74, 6) is -0.325. The van der Waals surface area contributed by atoms with Crippen LogP contribution in [0.5, 0.6) is 6.01 Å². The molecule has 0 aromatic carbocycles. The molecule has 0 aliphatic rings. The number of nitrogens with one attached hydrogen (secondary N) is 1. The van der Waals surface area contributed by atoms with Crippen molar-refractivity contribution in [2.45, 2.75) is 0 Å². The fraction of sp³-hybridized carbons (Fsp3) is 0.143. The van der Waals surface area contributed by atoms with E-state index in [4.69, 9.17) is 4.74 Å². The second-order valence-corrected chi connectivity index (χ2v) is 2.40. The summed E-state index contributed by atoms with van der Waals surface area (Å²) in [4.78, 5) is 20.7. The van der Waals surface area contributed by atoms with Crippen molar-refractivity contribution in [1.29, 1.82) is 0 Å². The lowest BCUT2D eigenvalue weighted by Crippen LogP contribution is -1.96. The van der Waals surface area contributed by atoms with E-state index in [1.165, 1.54) is 19.5 Å². The fourth-order valence-corrected chi connectivity index (χ4v) is 0.898. The lowest BCUT2D eigenvalue weighted by Gasteiger charge is -1.96. The normalized spacial score (nSPS) is 10.1. The highest BCUT2D eigenvalue weighted by Gasteiger charge is 2.05. The second kappa shape index (κ2) is 3.29. The van der Waals surface area contributed by atoms with Gasteiger partial charge in [-0.3, -0.25) is 9.51 Å². The monoisotopic (exact) mass is 194 g/mol. The molecule has 0 saturated carbocycles. The van der Waals surface area contributed by atoms with Crippen LogP contribution in [0, 0.1) is 0 Å². The first-order valence-electron chi connectivity index (χ1n) is 3.72. The fourth-order valence-electron chi connectivity index (χ4n) is 0.898. The Morgan fingerprint density at radius 2 is 2.14 bits per heavy atom. The highest BCUT2D eigenvalue weighted by molar-refractivity contribution is 5.50. The summed E-state index contributed by atoms with van der Waals surface area (Å²) >= 11 is 0. The molecule has 2 rings (SSSR count). The molecular formula is C7H6N4O3. The van der Waals surface area contributed by atoms with Gasteiger partial charge in [-0.2, -0.15) is 0 Å². The number of aromatic nitrogens is 4. The minimum absolute atomic E-state index is 0.250. The van der Waals surface area contributed by atoms with Gasteiger partial charge in [-0.25, -0.2) is 14.8 Å². The zero-order valence-corrected chi connectivity index (χ0v) is 7.22. The number of aromatic amines is 1. The molecule has 0 aliphatic heterocycles. The topological polar surface area (TPSA) is 93.9 Å². The smallest absolute Gasteiger partial charge is 0.439 e. The molecule has 0 spiro atoms. The number of hydrogen-bond acceptors (Lipinski definition) is 6. The summed E-state index contributed by atoms with van der Waals surface area (Å²) in [7, 11) is 1.47. The van der Waals surface area contributed by atoms with Crippen molar-refractivity contribution in [1.82, 2.24) is 20.1 Å². The van der Waals surface area contributed by atoms with E-state index in [1.807, 2.05) is 0 Å². The minimum atomic E-state index is -0.615. The predicted octanol–water partition coefficient (Wildman–Crippen LogP) is -0.172. The number of hydrogen-bond donors (Lipinski definition) is 1. The second-order valence-electron chi connectivity index (χ2n) is 2.40. The molecule has 0 radical (unpaired) electrons. The van der Waals surface area contributed by atoms with Crippen molar-refractivity contribution in [3.63, 3.8) is 0 Å². The van der Waals surface area contributed by atoms with Gasteiger partial charge in [0.1, 0.15) is 0 Å². The van der Waals surface area contributed by atoms with Crippen LogP contribution in [0.1, 0.15) is 0 Å². The van der Waals surface area contributed by atoms with Gasteiger partial charge in [0.15, 0.2) is 5.82 Å². The maximum absolute atomic E-state index is 10.6. The molecule has 72 valence electrons. The summed E-state index contributed by atoms with van der Waals surface area (Å²) in [6.45, 7) is 0. The van der Waals surface area contributed by atoms with Gasteiger partial charge < -0.3 is 4.74 Å². The van der Waals surface area contributed by atoms with Crippen LogP contribution >= 0.6 is 0 Å². The number of methoxy groups -OCH3 is 1. The van der Waals surface area contributed by atoms with Crippen LogP contribution in [0.25, 0.3) is 11.4 Å². The largest absolute Gasteiger partial charge is 0.467 e. The average Bonchev–Trinajstić information content (AvgIpc) is 2.65. The number of H-pyrrole nitrogens is 1. The molecule has 0 aliphatic carbocycles. The van der Waals surface area contributed by atoms with Gasteiger partial charge >= 0.3 is 11.8 Å². The molecule has 1 N–H and O–H groups in total. The highest BCUT2D eigenvalue weighted by Crippen LogP contribution is 2.11. The van der Waals surface area contributed by atoms with E-state index in [0.29, 0.717) is 5.56 Å². The van der Waals surface area contributed by atoms with E-state index in [2.05, 4.69) is 24.6 Å². The van der Waals surface area contributed by atoms with Gasteiger partial charge in [-0.15, -0.1) is 0 Å². The molecule has 7 nitrogen and oxygen atoms in total. The third kappa shape index (κ3) is 1.47. The Balaban J connectivity index is 2.38. The van der Waals surface area contributed by atoms with Crippen LogP contribution in [0.2, 0.25) is 0 Å². The molecule has 0 atom stereocenters. The van der Waals surface area contributed by atoms with E-state index in [-0.39, 0.29) is 11.8 Å². The summed E-state index contributed by atoms with van der Waals surface area (Å²) in [5, 5.41) is 3.48. The van der Waals surface area contributed by atoms with E-state index >= 15 is 0 Å². The maximum atomic E-state index is 10.6. The van der Waals surface area contributed by atoms with E-state index in [0.717, 1.165) is 0 Å². The molecule has 14 heavy (non-hydrogen) atoms. The third-order valence-corrected chi connectivity index (χ3v) is 1.52. The van der Waals surface area contributed by atoms with Crippen molar-refractivity contribution in [2.24, 2.45) is 0 Å². The molecule has 2 heterocycles. The Morgan fingerprint density at radius 3 is 2.64 bits per heavy atom. The summed E-state index contributed by atoms with van der Waals surface area (Å²) in [6.07, 6.45) is 2.94. The first-order valence-corrected chi connectivity index (χ1v) is 3.72. The average molecular weight is 194 g/mol. The van der Waals surface area contributed by atoms with Gasteiger partial charge in [0.2, 0.25) is 0 Å². The molecule has 0 amide bonds. The highest BCUT2D eigenvalue weighted by atomic mass is 16.5. The molecule has 0 fully saturated rings. The van der Waals surface area contributed by atoms with Gasteiger partial charge in [0, 0.05) is 12.4 Å². The van der Waals surface area contributed by atoms with Crippen molar-refractivity contribution in [2.75, 3.05) is 7.11 Å². The number of rotatable bonds is 2. The Morgan fingerprint density at radius 1 is 1.43 bits per heavy atom. The van der Waals surface area contributed by atoms with E-state index < -0.39 is 5.76 Å². The number of nitrogens with zero attached hydrogens (tertiary/aromatic N) is 3. The van der Waals surface area contributed by atoms with Crippen LogP contribution in [-0.2, 0) is 0 Å². The van der Waals surface area contributed by atoms with Gasteiger partial charge in [0.05, 0.1) is 12.7 Å². The molecule has 0 unspecified atom stereocenters.